The van der Waals surface area contributed by atoms with Crippen molar-refractivity contribution in [1.29, 1.82) is 0 Å². The van der Waals surface area contributed by atoms with E-state index in [4.69, 9.17) is 14.2 Å². The van der Waals surface area contributed by atoms with Gasteiger partial charge in [-0.05, 0) is 48.9 Å². The summed E-state index contributed by atoms with van der Waals surface area (Å²) in [5.74, 6) is 0.564. The monoisotopic (exact) mass is 372 g/mol. The maximum absolute atomic E-state index is 11.3. The first-order valence-corrected chi connectivity index (χ1v) is 9.09. The lowest BCUT2D eigenvalue weighted by Gasteiger charge is -2.21. The van der Waals surface area contributed by atoms with E-state index in [-0.39, 0.29) is 18.4 Å². The number of hydrogen-bond donors (Lipinski definition) is 1. The highest BCUT2D eigenvalue weighted by Crippen LogP contribution is 2.27. The Balaban J connectivity index is 2.00. The minimum Gasteiger partial charge on any atom is -0.497 e. The van der Waals surface area contributed by atoms with E-state index in [1.807, 2.05) is 49.4 Å². The van der Waals surface area contributed by atoms with Gasteiger partial charge in [0.2, 0.25) is 0 Å². The van der Waals surface area contributed by atoms with Crippen LogP contribution in [-0.4, -0.2) is 31.4 Å². The van der Waals surface area contributed by atoms with Crippen LogP contribution in [-0.2, 0) is 22.6 Å². The van der Waals surface area contributed by atoms with Gasteiger partial charge in [-0.15, -0.1) is 0 Å². The molecule has 27 heavy (non-hydrogen) atoms. The molecule has 0 radical (unpaired) electrons. The van der Waals surface area contributed by atoms with Gasteiger partial charge in [-0.3, -0.25) is 4.79 Å². The zero-order chi connectivity index (χ0) is 19.6. The molecule has 0 aromatic heterocycles. The van der Waals surface area contributed by atoms with Crippen molar-refractivity contribution in [2.24, 2.45) is 5.92 Å². The molecule has 146 valence electrons. The Bertz CT molecular complexity index is 692. The summed E-state index contributed by atoms with van der Waals surface area (Å²) in [7, 11) is 3.21. The fraction of sp³-hybridized carbons (Fsp3) is 0.409. The number of carboxylic acids is 1. The quantitative estimate of drug-likeness (QED) is 0.636. The Hall–Kier alpha value is -2.53. The van der Waals surface area contributed by atoms with E-state index in [2.05, 4.69) is 0 Å². The lowest BCUT2D eigenvalue weighted by atomic mass is 9.91. The predicted octanol–water partition coefficient (Wildman–Crippen LogP) is 4.33. The molecule has 2 aromatic rings. The minimum absolute atomic E-state index is 0.0370. The smallest absolute Gasteiger partial charge is 0.303 e. The van der Waals surface area contributed by atoms with Crippen LogP contribution in [0.3, 0.4) is 0 Å². The number of rotatable bonds is 11. The Morgan fingerprint density at radius 1 is 1.00 bits per heavy atom. The van der Waals surface area contributed by atoms with E-state index in [9.17, 15) is 9.90 Å². The summed E-state index contributed by atoms with van der Waals surface area (Å²) in [6, 6.07) is 15.6. The fourth-order valence-corrected chi connectivity index (χ4v) is 3.15. The third-order valence-electron chi connectivity index (χ3n) is 4.44. The Morgan fingerprint density at radius 3 is 2.19 bits per heavy atom. The fourth-order valence-electron chi connectivity index (χ4n) is 3.15. The first-order chi connectivity index (χ1) is 13.0. The van der Waals surface area contributed by atoms with Crippen LogP contribution in [0, 0.1) is 5.92 Å². The Morgan fingerprint density at radius 2 is 1.63 bits per heavy atom. The van der Waals surface area contributed by atoms with Crippen LogP contribution >= 0.6 is 0 Å². The van der Waals surface area contributed by atoms with Gasteiger partial charge < -0.3 is 19.3 Å². The largest absolute Gasteiger partial charge is 0.497 e. The van der Waals surface area contributed by atoms with Crippen molar-refractivity contribution < 1.29 is 24.1 Å². The van der Waals surface area contributed by atoms with Gasteiger partial charge in [0.15, 0.2) is 0 Å². The van der Waals surface area contributed by atoms with Crippen LogP contribution < -0.4 is 9.47 Å². The molecule has 5 heteroatoms. The summed E-state index contributed by atoms with van der Waals surface area (Å²) < 4.78 is 16.5. The standard InChI is InChI=1S/C22H28O5/c1-16(27-15-17-7-5-4-6-8-17)9-18(13-22(23)24)10-19-11-20(25-2)14-21(12-19)26-3/h4-8,11-12,14,16,18H,9-10,13,15H2,1-3H3,(H,23,24)/t16-,18+/m1/s1. The average molecular weight is 372 g/mol. The predicted molar refractivity (Wildman–Crippen MR) is 104 cm³/mol. The van der Waals surface area contributed by atoms with Crippen molar-refractivity contribution >= 4 is 5.97 Å². The SMILES string of the molecule is COc1cc(C[C@@H](CC(=O)O)C[C@@H](C)OCc2ccccc2)cc(OC)c1. The van der Waals surface area contributed by atoms with Crippen molar-refractivity contribution in [3.8, 4) is 11.5 Å². The Labute approximate surface area is 160 Å². The summed E-state index contributed by atoms with van der Waals surface area (Å²) in [6.45, 7) is 2.51. The first-order valence-electron chi connectivity index (χ1n) is 9.09. The molecule has 0 saturated heterocycles. The number of ether oxygens (including phenoxy) is 3. The molecule has 0 aliphatic carbocycles. The van der Waals surface area contributed by atoms with E-state index in [1.54, 1.807) is 20.3 Å². The molecule has 0 bridgehead atoms. The molecular formula is C22H28O5. The molecule has 5 nitrogen and oxygen atoms in total. The lowest BCUT2D eigenvalue weighted by Crippen LogP contribution is -2.19. The third-order valence-corrected chi connectivity index (χ3v) is 4.44. The number of carbonyl (C=O) groups is 1. The van der Waals surface area contributed by atoms with Gasteiger partial charge in [0, 0.05) is 12.5 Å². The van der Waals surface area contributed by atoms with Crippen LogP contribution in [0.2, 0.25) is 0 Å². The van der Waals surface area contributed by atoms with E-state index < -0.39 is 5.97 Å². The van der Waals surface area contributed by atoms with Gasteiger partial charge in [0.25, 0.3) is 0 Å². The molecule has 0 aliphatic rings. The molecule has 2 atom stereocenters. The van der Waals surface area contributed by atoms with Gasteiger partial charge >= 0.3 is 5.97 Å². The number of methoxy groups -OCH3 is 2. The van der Waals surface area contributed by atoms with E-state index >= 15 is 0 Å². The second-order valence-corrected chi connectivity index (χ2v) is 6.73. The lowest BCUT2D eigenvalue weighted by molar-refractivity contribution is -0.138. The van der Waals surface area contributed by atoms with Crippen LogP contribution in [0.4, 0.5) is 0 Å². The average Bonchev–Trinajstić information content (AvgIpc) is 2.66. The minimum atomic E-state index is -0.801. The van der Waals surface area contributed by atoms with Crippen molar-refractivity contribution in [2.45, 2.75) is 38.9 Å². The van der Waals surface area contributed by atoms with Crippen molar-refractivity contribution in [1.82, 2.24) is 0 Å². The summed E-state index contributed by atoms with van der Waals surface area (Å²) >= 11 is 0. The highest BCUT2D eigenvalue weighted by Gasteiger charge is 2.19. The van der Waals surface area contributed by atoms with Crippen molar-refractivity contribution in [3.63, 3.8) is 0 Å². The number of carboxylic acid groups (broad SMARTS) is 1. The molecule has 0 heterocycles. The maximum Gasteiger partial charge on any atom is 0.303 e. The summed E-state index contributed by atoms with van der Waals surface area (Å²) in [4.78, 5) is 11.3. The van der Waals surface area contributed by atoms with E-state index in [0.29, 0.717) is 30.9 Å². The normalized spacial score (nSPS) is 13.0. The zero-order valence-corrected chi connectivity index (χ0v) is 16.2. The topological polar surface area (TPSA) is 65.0 Å². The molecule has 0 amide bonds. The van der Waals surface area contributed by atoms with Gasteiger partial charge in [0.05, 0.1) is 26.9 Å². The molecule has 1 N–H and O–H groups in total. The van der Waals surface area contributed by atoms with Crippen LogP contribution in [0.25, 0.3) is 0 Å². The van der Waals surface area contributed by atoms with Crippen molar-refractivity contribution in [2.75, 3.05) is 14.2 Å². The number of aliphatic carboxylic acids is 1. The summed E-state index contributed by atoms with van der Waals surface area (Å²) in [6.07, 6.45) is 1.35. The van der Waals surface area contributed by atoms with Gasteiger partial charge in [0.1, 0.15) is 11.5 Å². The molecule has 0 unspecified atom stereocenters. The third kappa shape index (κ3) is 7.31. The van der Waals surface area contributed by atoms with Crippen LogP contribution in [0.5, 0.6) is 11.5 Å². The van der Waals surface area contributed by atoms with Crippen LogP contribution in [0.15, 0.2) is 48.5 Å². The highest BCUT2D eigenvalue weighted by molar-refractivity contribution is 5.67. The number of benzene rings is 2. The molecule has 2 aromatic carbocycles. The molecule has 0 aliphatic heterocycles. The maximum atomic E-state index is 11.3. The zero-order valence-electron chi connectivity index (χ0n) is 16.2. The van der Waals surface area contributed by atoms with E-state index in [0.717, 1.165) is 11.1 Å². The molecule has 0 saturated carbocycles. The molecule has 0 spiro atoms. The van der Waals surface area contributed by atoms with Crippen molar-refractivity contribution in [3.05, 3.63) is 59.7 Å². The summed E-state index contributed by atoms with van der Waals surface area (Å²) in [5, 5.41) is 9.29. The highest BCUT2D eigenvalue weighted by atomic mass is 16.5. The molecular weight excluding hydrogens is 344 g/mol. The molecule has 2 rings (SSSR count). The molecule has 0 fully saturated rings. The second kappa shape index (κ2) is 10.6. The first kappa shape index (κ1) is 20.8. The Kier molecular flexibility index (Phi) is 8.14. The van der Waals surface area contributed by atoms with Gasteiger partial charge in [-0.2, -0.15) is 0 Å². The van der Waals surface area contributed by atoms with E-state index in [1.165, 1.54) is 0 Å². The van der Waals surface area contributed by atoms with Gasteiger partial charge in [-0.25, -0.2) is 0 Å². The number of hydrogen-bond acceptors (Lipinski definition) is 4. The summed E-state index contributed by atoms with van der Waals surface area (Å²) in [5.41, 5.74) is 2.10. The van der Waals surface area contributed by atoms with Crippen LogP contribution in [0.1, 0.15) is 30.9 Å². The second-order valence-electron chi connectivity index (χ2n) is 6.73. The van der Waals surface area contributed by atoms with Gasteiger partial charge in [-0.1, -0.05) is 30.3 Å².